The van der Waals surface area contributed by atoms with E-state index in [1.165, 1.54) is 18.9 Å². The third kappa shape index (κ3) is 4.70. The fraction of sp³-hybridized carbons (Fsp3) is 0.462. The summed E-state index contributed by atoms with van der Waals surface area (Å²) >= 11 is 0. The van der Waals surface area contributed by atoms with Crippen molar-refractivity contribution in [3.8, 4) is 0 Å². The maximum atomic E-state index is 14.4. The molecule has 1 N–H and O–H groups in total. The van der Waals surface area contributed by atoms with Crippen LogP contribution in [0.25, 0.3) is 11.0 Å². The van der Waals surface area contributed by atoms with Gasteiger partial charge in [-0.05, 0) is 81.1 Å². The van der Waals surface area contributed by atoms with E-state index in [2.05, 4.69) is 36.2 Å². The summed E-state index contributed by atoms with van der Waals surface area (Å²) in [5.74, 6) is 0.470. The number of carbonyl (C=O) groups is 1. The van der Waals surface area contributed by atoms with Crippen molar-refractivity contribution in [1.29, 1.82) is 0 Å². The van der Waals surface area contributed by atoms with Crippen molar-refractivity contribution in [1.82, 2.24) is 19.8 Å². The predicted octanol–water partition coefficient (Wildman–Crippen LogP) is 4.55. The van der Waals surface area contributed by atoms with Crippen molar-refractivity contribution in [2.75, 3.05) is 26.2 Å². The number of imidazole rings is 1. The van der Waals surface area contributed by atoms with Crippen LogP contribution in [0, 0.1) is 19.7 Å². The van der Waals surface area contributed by atoms with Gasteiger partial charge in [0.25, 0.3) is 0 Å². The molecule has 1 fully saturated rings. The van der Waals surface area contributed by atoms with Gasteiger partial charge < -0.3 is 14.8 Å². The second kappa shape index (κ2) is 9.82. The van der Waals surface area contributed by atoms with E-state index in [4.69, 9.17) is 4.98 Å². The quantitative estimate of drug-likeness (QED) is 0.564. The number of nitrogens with one attached hydrogen (secondary N) is 1. The van der Waals surface area contributed by atoms with Crippen LogP contribution in [0.4, 0.5) is 4.39 Å². The van der Waals surface area contributed by atoms with Gasteiger partial charge in [0.1, 0.15) is 17.7 Å². The van der Waals surface area contributed by atoms with E-state index in [9.17, 15) is 9.18 Å². The smallest absolute Gasteiger partial charge is 0.243 e. The van der Waals surface area contributed by atoms with Crippen LogP contribution in [0.15, 0.2) is 36.4 Å². The van der Waals surface area contributed by atoms with Crippen molar-refractivity contribution in [2.45, 2.75) is 52.5 Å². The lowest BCUT2D eigenvalue weighted by atomic mass is 10.1. The molecule has 0 radical (unpaired) electrons. The first-order valence-corrected chi connectivity index (χ1v) is 11.7. The molecular formula is C26H33FN4O. The largest absolute Gasteiger partial charge is 0.353 e. The maximum absolute atomic E-state index is 14.4. The van der Waals surface area contributed by atoms with Gasteiger partial charge in [-0.3, -0.25) is 4.79 Å². The maximum Gasteiger partial charge on any atom is 0.243 e. The molecule has 4 rings (SSSR count). The van der Waals surface area contributed by atoms with Crippen LogP contribution >= 0.6 is 0 Å². The number of hydrogen-bond acceptors (Lipinski definition) is 3. The SMILES string of the molecule is CCC(C(=O)NCCN1CCCC1)n1c(Cc2ccccc2F)nc2cc(C)c(C)cc21. The lowest BCUT2D eigenvalue weighted by Crippen LogP contribution is -2.38. The first-order valence-electron chi connectivity index (χ1n) is 11.7. The van der Waals surface area contributed by atoms with E-state index in [1.54, 1.807) is 12.1 Å². The van der Waals surface area contributed by atoms with E-state index < -0.39 is 0 Å². The van der Waals surface area contributed by atoms with Crippen LogP contribution in [0.2, 0.25) is 0 Å². The number of amides is 1. The lowest BCUT2D eigenvalue weighted by Gasteiger charge is -2.22. The second-order valence-corrected chi connectivity index (χ2v) is 8.86. The van der Waals surface area contributed by atoms with Gasteiger partial charge in [-0.15, -0.1) is 0 Å². The Kier molecular flexibility index (Phi) is 6.89. The van der Waals surface area contributed by atoms with Crippen LogP contribution in [-0.2, 0) is 11.2 Å². The summed E-state index contributed by atoms with van der Waals surface area (Å²) < 4.78 is 16.5. The molecule has 1 atom stereocenters. The van der Waals surface area contributed by atoms with Gasteiger partial charge in [0, 0.05) is 19.5 Å². The van der Waals surface area contributed by atoms with E-state index >= 15 is 0 Å². The molecular weight excluding hydrogens is 403 g/mol. The van der Waals surface area contributed by atoms with E-state index in [1.807, 2.05) is 17.6 Å². The Balaban J connectivity index is 1.66. The Morgan fingerprint density at radius 1 is 1.16 bits per heavy atom. The summed E-state index contributed by atoms with van der Waals surface area (Å²) in [6.45, 7) is 9.90. The molecule has 0 bridgehead atoms. The van der Waals surface area contributed by atoms with Crippen molar-refractivity contribution in [3.05, 3.63) is 64.7 Å². The Labute approximate surface area is 189 Å². The monoisotopic (exact) mass is 436 g/mol. The van der Waals surface area contributed by atoms with Crippen LogP contribution in [-0.4, -0.2) is 46.5 Å². The van der Waals surface area contributed by atoms with Crippen LogP contribution in [0.3, 0.4) is 0 Å². The number of likely N-dealkylation sites (tertiary alicyclic amines) is 1. The fourth-order valence-electron chi connectivity index (χ4n) is 4.63. The van der Waals surface area contributed by atoms with Crippen molar-refractivity contribution in [3.63, 3.8) is 0 Å². The second-order valence-electron chi connectivity index (χ2n) is 8.86. The standard InChI is InChI=1S/C26H33FN4O/c1-4-23(26(32)28-11-14-30-12-7-8-13-30)31-24-16-19(3)18(2)15-22(24)29-25(31)17-20-9-5-6-10-21(20)27/h5-6,9-10,15-16,23H,4,7-8,11-14,17H2,1-3H3,(H,28,32). The molecule has 3 aromatic rings. The van der Waals surface area contributed by atoms with E-state index in [0.29, 0.717) is 24.9 Å². The molecule has 0 saturated carbocycles. The summed E-state index contributed by atoms with van der Waals surface area (Å²) in [5.41, 5.74) is 4.67. The molecule has 1 saturated heterocycles. The molecule has 2 heterocycles. The van der Waals surface area contributed by atoms with Gasteiger partial charge in [-0.2, -0.15) is 0 Å². The topological polar surface area (TPSA) is 50.2 Å². The summed E-state index contributed by atoms with van der Waals surface area (Å²) in [6.07, 6.45) is 3.46. The van der Waals surface area contributed by atoms with Gasteiger partial charge in [0.15, 0.2) is 0 Å². The number of aryl methyl sites for hydroxylation is 2. The van der Waals surface area contributed by atoms with Gasteiger partial charge in [0.2, 0.25) is 5.91 Å². The highest BCUT2D eigenvalue weighted by molar-refractivity contribution is 5.85. The number of nitrogens with zero attached hydrogens (tertiary/aromatic N) is 3. The third-order valence-corrected chi connectivity index (χ3v) is 6.61. The highest BCUT2D eigenvalue weighted by Crippen LogP contribution is 2.28. The molecule has 0 aliphatic carbocycles. The zero-order valence-corrected chi connectivity index (χ0v) is 19.3. The molecule has 1 amide bonds. The third-order valence-electron chi connectivity index (χ3n) is 6.61. The molecule has 32 heavy (non-hydrogen) atoms. The minimum atomic E-state index is -0.387. The number of carbonyl (C=O) groups excluding carboxylic acids is 1. The molecule has 0 spiro atoms. The Hall–Kier alpha value is -2.73. The number of halogens is 1. The fourth-order valence-corrected chi connectivity index (χ4v) is 4.63. The Morgan fingerprint density at radius 3 is 2.59 bits per heavy atom. The number of aromatic nitrogens is 2. The number of hydrogen-bond donors (Lipinski definition) is 1. The Bertz CT molecular complexity index is 1100. The van der Waals surface area contributed by atoms with Crippen molar-refractivity contribution >= 4 is 16.9 Å². The molecule has 6 heteroatoms. The number of benzene rings is 2. The Morgan fingerprint density at radius 2 is 1.88 bits per heavy atom. The average Bonchev–Trinajstić information content (AvgIpc) is 3.40. The van der Waals surface area contributed by atoms with E-state index in [0.717, 1.165) is 47.6 Å². The summed E-state index contributed by atoms with van der Waals surface area (Å²) in [6, 6.07) is 10.6. The minimum Gasteiger partial charge on any atom is -0.353 e. The number of fused-ring (bicyclic) bond motifs is 1. The zero-order valence-electron chi connectivity index (χ0n) is 19.3. The molecule has 1 unspecified atom stereocenters. The summed E-state index contributed by atoms with van der Waals surface area (Å²) in [4.78, 5) is 20.5. The van der Waals surface area contributed by atoms with Crippen molar-refractivity contribution < 1.29 is 9.18 Å². The van der Waals surface area contributed by atoms with Crippen LogP contribution < -0.4 is 5.32 Å². The molecule has 5 nitrogen and oxygen atoms in total. The predicted molar refractivity (Wildman–Crippen MR) is 126 cm³/mol. The summed E-state index contributed by atoms with van der Waals surface area (Å²) in [7, 11) is 0. The first-order chi connectivity index (χ1) is 15.5. The highest BCUT2D eigenvalue weighted by atomic mass is 19.1. The zero-order chi connectivity index (χ0) is 22.7. The lowest BCUT2D eigenvalue weighted by molar-refractivity contribution is -0.124. The molecule has 1 aromatic heterocycles. The van der Waals surface area contributed by atoms with Gasteiger partial charge in [0.05, 0.1) is 11.0 Å². The molecule has 1 aliphatic rings. The normalized spacial score (nSPS) is 15.4. The van der Waals surface area contributed by atoms with Gasteiger partial charge in [-0.1, -0.05) is 25.1 Å². The van der Waals surface area contributed by atoms with Crippen molar-refractivity contribution in [2.24, 2.45) is 0 Å². The van der Waals surface area contributed by atoms with E-state index in [-0.39, 0.29) is 17.8 Å². The highest BCUT2D eigenvalue weighted by Gasteiger charge is 2.25. The van der Waals surface area contributed by atoms with Crippen LogP contribution in [0.5, 0.6) is 0 Å². The average molecular weight is 437 g/mol. The first kappa shape index (κ1) is 22.5. The molecule has 170 valence electrons. The molecule has 2 aromatic carbocycles. The molecule has 1 aliphatic heterocycles. The van der Waals surface area contributed by atoms with Crippen LogP contribution in [0.1, 0.15) is 54.7 Å². The number of rotatable bonds is 8. The van der Waals surface area contributed by atoms with Gasteiger partial charge in [-0.25, -0.2) is 9.37 Å². The van der Waals surface area contributed by atoms with Gasteiger partial charge >= 0.3 is 0 Å². The summed E-state index contributed by atoms with van der Waals surface area (Å²) in [5, 5.41) is 3.14. The minimum absolute atomic E-state index is 0.000918.